The quantitative estimate of drug-likeness (QED) is 0.901. The molecule has 1 aromatic heterocycles. The summed E-state index contributed by atoms with van der Waals surface area (Å²) in [6.07, 6.45) is 6.40. The van der Waals surface area contributed by atoms with Crippen molar-refractivity contribution in [1.29, 1.82) is 0 Å². The Labute approximate surface area is 148 Å². The van der Waals surface area contributed by atoms with Gasteiger partial charge in [-0.2, -0.15) is 5.10 Å². The highest BCUT2D eigenvalue weighted by molar-refractivity contribution is 5.93. The average Bonchev–Trinajstić information content (AvgIpc) is 3.17. The molecule has 2 aliphatic rings. The Morgan fingerprint density at radius 1 is 1.16 bits per heavy atom. The summed E-state index contributed by atoms with van der Waals surface area (Å²) >= 11 is 0. The zero-order valence-corrected chi connectivity index (χ0v) is 14.6. The largest absolute Gasteiger partial charge is 0.350 e. The van der Waals surface area contributed by atoms with E-state index < -0.39 is 0 Å². The Morgan fingerprint density at radius 3 is 2.88 bits per heavy atom. The summed E-state index contributed by atoms with van der Waals surface area (Å²) in [4.78, 5) is 15.1. The number of piperidine rings is 2. The molecule has 0 unspecified atom stereocenters. The topological polar surface area (TPSA) is 61.0 Å². The summed E-state index contributed by atoms with van der Waals surface area (Å²) < 4.78 is 0. The van der Waals surface area contributed by atoms with E-state index in [9.17, 15) is 4.79 Å². The number of amides is 1. The molecule has 2 aromatic rings. The number of hydrogen-bond donors (Lipinski definition) is 2. The molecule has 2 saturated heterocycles. The molecule has 0 saturated carbocycles. The number of aromatic nitrogens is 2. The number of nitrogens with zero attached hydrogens (tertiary/aromatic N) is 2. The van der Waals surface area contributed by atoms with Crippen molar-refractivity contribution in [3.05, 3.63) is 42.1 Å². The smallest absolute Gasteiger partial charge is 0.269 e. The monoisotopic (exact) mass is 338 g/mol. The predicted molar refractivity (Wildman–Crippen MR) is 98.3 cm³/mol. The fraction of sp³-hybridized carbons (Fsp3) is 0.500. The fourth-order valence-electron chi connectivity index (χ4n) is 4.33. The van der Waals surface area contributed by atoms with Gasteiger partial charge in [-0.25, -0.2) is 0 Å². The van der Waals surface area contributed by atoms with E-state index in [1.54, 1.807) is 0 Å². The summed E-state index contributed by atoms with van der Waals surface area (Å²) in [7, 11) is 0. The van der Waals surface area contributed by atoms with E-state index in [4.69, 9.17) is 0 Å². The molecule has 3 heterocycles. The van der Waals surface area contributed by atoms with Gasteiger partial charge in [0.05, 0.1) is 5.69 Å². The first-order valence-corrected chi connectivity index (χ1v) is 9.44. The van der Waals surface area contributed by atoms with Crippen LogP contribution in [-0.2, 0) is 0 Å². The normalized spacial score (nSPS) is 23.8. The van der Waals surface area contributed by atoms with Crippen molar-refractivity contribution >= 4 is 5.91 Å². The highest BCUT2D eigenvalue weighted by Gasteiger charge is 2.33. The van der Waals surface area contributed by atoms with Gasteiger partial charge in [0, 0.05) is 18.2 Å². The van der Waals surface area contributed by atoms with Crippen LogP contribution in [0.5, 0.6) is 0 Å². The molecule has 1 aromatic carbocycles. The number of nitrogens with one attached hydrogen (secondary N) is 2. The maximum atomic E-state index is 12.5. The third-order valence-corrected chi connectivity index (χ3v) is 5.65. The Kier molecular flexibility index (Phi) is 4.83. The van der Waals surface area contributed by atoms with Gasteiger partial charge in [-0.15, -0.1) is 0 Å². The van der Waals surface area contributed by atoms with Gasteiger partial charge in [0.2, 0.25) is 0 Å². The van der Waals surface area contributed by atoms with Crippen LogP contribution in [0.1, 0.15) is 42.6 Å². The lowest BCUT2D eigenvalue weighted by Crippen LogP contribution is -2.51. The molecule has 25 heavy (non-hydrogen) atoms. The van der Waals surface area contributed by atoms with Crippen molar-refractivity contribution in [3.63, 3.8) is 0 Å². The fourth-order valence-corrected chi connectivity index (χ4v) is 4.33. The molecule has 2 aliphatic heterocycles. The number of rotatable bonds is 4. The molecule has 2 atom stereocenters. The van der Waals surface area contributed by atoms with Crippen LogP contribution in [0.3, 0.4) is 0 Å². The van der Waals surface area contributed by atoms with E-state index in [1.165, 1.54) is 45.2 Å². The maximum absolute atomic E-state index is 12.5. The number of hydrogen-bond acceptors (Lipinski definition) is 3. The van der Waals surface area contributed by atoms with Crippen LogP contribution in [0.4, 0.5) is 0 Å². The highest BCUT2D eigenvalue weighted by atomic mass is 16.1. The van der Waals surface area contributed by atoms with Crippen molar-refractivity contribution in [2.24, 2.45) is 5.92 Å². The minimum atomic E-state index is -0.0531. The minimum absolute atomic E-state index is 0.0531. The van der Waals surface area contributed by atoms with Crippen LogP contribution in [0.25, 0.3) is 11.3 Å². The molecule has 0 bridgehead atoms. The number of H-pyrrole nitrogens is 1. The first kappa shape index (κ1) is 16.3. The first-order chi connectivity index (χ1) is 12.3. The Balaban J connectivity index is 1.37. The van der Waals surface area contributed by atoms with Gasteiger partial charge >= 0.3 is 0 Å². The summed E-state index contributed by atoms with van der Waals surface area (Å²) in [6.45, 7) is 3.23. The first-order valence-electron chi connectivity index (χ1n) is 9.44. The van der Waals surface area contributed by atoms with Crippen molar-refractivity contribution in [1.82, 2.24) is 20.4 Å². The predicted octanol–water partition coefficient (Wildman–Crippen LogP) is 3.07. The van der Waals surface area contributed by atoms with Crippen molar-refractivity contribution in [3.8, 4) is 11.3 Å². The number of carbonyl (C=O) groups excluding carboxylic acids is 1. The average molecular weight is 338 g/mol. The molecular formula is C20H26N4O. The SMILES string of the molecule is O=C(NC[C@@H]1CCCN2CCCC[C@H]12)c1cc(-c2ccccc2)n[nH]1. The third-order valence-electron chi connectivity index (χ3n) is 5.65. The van der Waals surface area contributed by atoms with Crippen molar-refractivity contribution in [2.75, 3.05) is 19.6 Å². The molecule has 0 spiro atoms. The van der Waals surface area contributed by atoms with Gasteiger partial charge < -0.3 is 10.2 Å². The molecule has 5 heteroatoms. The Morgan fingerprint density at radius 2 is 2.00 bits per heavy atom. The molecule has 4 rings (SSSR count). The number of benzene rings is 1. The van der Waals surface area contributed by atoms with Gasteiger partial charge in [-0.3, -0.25) is 9.89 Å². The van der Waals surface area contributed by atoms with Crippen molar-refractivity contribution < 1.29 is 4.79 Å². The summed E-state index contributed by atoms with van der Waals surface area (Å²) in [6, 6.07) is 12.4. The lowest BCUT2D eigenvalue weighted by molar-refractivity contribution is 0.0575. The lowest BCUT2D eigenvalue weighted by Gasteiger charge is -2.44. The summed E-state index contributed by atoms with van der Waals surface area (Å²) in [5.41, 5.74) is 2.36. The molecule has 0 radical (unpaired) electrons. The van der Waals surface area contributed by atoms with Gasteiger partial charge in [0.1, 0.15) is 5.69 Å². The van der Waals surface area contributed by atoms with Crippen LogP contribution in [0, 0.1) is 5.92 Å². The standard InChI is InChI=1S/C20H26N4O/c25-20(18-13-17(22-23-18)15-7-2-1-3-8-15)21-14-16-9-6-12-24-11-5-4-10-19(16)24/h1-3,7-8,13,16,19H,4-6,9-12,14H2,(H,21,25)(H,22,23)/t16-,19+/m0/s1. The van der Waals surface area contributed by atoms with E-state index in [0.29, 0.717) is 17.7 Å². The van der Waals surface area contributed by atoms with Crippen LogP contribution in [0.2, 0.25) is 0 Å². The van der Waals surface area contributed by atoms with Gasteiger partial charge in [0.25, 0.3) is 5.91 Å². The molecule has 2 N–H and O–H groups in total. The second-order valence-corrected chi connectivity index (χ2v) is 7.24. The molecule has 132 valence electrons. The number of fused-ring (bicyclic) bond motifs is 1. The molecule has 0 aliphatic carbocycles. The van der Waals surface area contributed by atoms with E-state index in [2.05, 4.69) is 20.4 Å². The van der Waals surface area contributed by atoms with Gasteiger partial charge in [-0.1, -0.05) is 36.8 Å². The molecule has 2 fully saturated rings. The highest BCUT2D eigenvalue weighted by Crippen LogP contribution is 2.30. The zero-order valence-electron chi connectivity index (χ0n) is 14.6. The van der Waals surface area contributed by atoms with Gasteiger partial charge in [0.15, 0.2) is 0 Å². The lowest BCUT2D eigenvalue weighted by atomic mass is 9.83. The van der Waals surface area contributed by atoms with Gasteiger partial charge in [-0.05, 0) is 50.8 Å². The van der Waals surface area contributed by atoms with E-state index in [-0.39, 0.29) is 5.91 Å². The summed E-state index contributed by atoms with van der Waals surface area (Å²) in [5.74, 6) is 0.525. The second kappa shape index (κ2) is 7.40. The van der Waals surface area contributed by atoms with E-state index in [0.717, 1.165) is 17.8 Å². The number of aromatic amines is 1. The molecular weight excluding hydrogens is 312 g/mol. The van der Waals surface area contributed by atoms with E-state index in [1.807, 2.05) is 36.4 Å². The Bertz CT molecular complexity index is 709. The van der Waals surface area contributed by atoms with Crippen LogP contribution < -0.4 is 5.32 Å². The third kappa shape index (κ3) is 3.61. The van der Waals surface area contributed by atoms with Crippen molar-refractivity contribution in [2.45, 2.75) is 38.1 Å². The number of carbonyl (C=O) groups is 1. The summed E-state index contributed by atoms with van der Waals surface area (Å²) in [5, 5.41) is 10.3. The molecule has 1 amide bonds. The minimum Gasteiger partial charge on any atom is -0.350 e. The van der Waals surface area contributed by atoms with Crippen LogP contribution >= 0.6 is 0 Å². The van der Waals surface area contributed by atoms with Crippen LogP contribution in [-0.4, -0.2) is 46.7 Å². The maximum Gasteiger partial charge on any atom is 0.269 e. The zero-order chi connectivity index (χ0) is 17.1. The second-order valence-electron chi connectivity index (χ2n) is 7.24. The van der Waals surface area contributed by atoms with Crippen LogP contribution in [0.15, 0.2) is 36.4 Å². The van der Waals surface area contributed by atoms with E-state index >= 15 is 0 Å². The Hall–Kier alpha value is -2.14. The molecule has 5 nitrogen and oxygen atoms in total.